The number of hydrogen-bond acceptors (Lipinski definition) is 3. The van der Waals surface area contributed by atoms with Gasteiger partial charge < -0.3 is 11.1 Å². The highest BCUT2D eigenvalue weighted by atomic mass is 35.5. The van der Waals surface area contributed by atoms with Crippen molar-refractivity contribution in [3.8, 4) is 0 Å². The maximum atomic E-state index is 11.7. The number of nitrogens with two attached hydrogens (primary N) is 1. The summed E-state index contributed by atoms with van der Waals surface area (Å²) in [6.45, 7) is 1.22. The van der Waals surface area contributed by atoms with Crippen LogP contribution in [0.15, 0.2) is 41.3 Å². The standard InChI is InChI=1S/C15H17ClN2OS.ClH/c16-12-6-1-4-11-5-2-7-13(15(11)12)20-10-14(19)18-9-3-8-17;/h1-2,4-7H,3,8-10,17H2,(H,18,19);1H. The van der Waals surface area contributed by atoms with Crippen LogP contribution in [0.5, 0.6) is 0 Å². The number of thioether (sulfide) groups is 1. The first kappa shape index (κ1) is 18.1. The van der Waals surface area contributed by atoms with E-state index >= 15 is 0 Å². The minimum atomic E-state index is 0. The molecule has 21 heavy (non-hydrogen) atoms. The fourth-order valence-corrected chi connectivity index (χ4v) is 3.18. The number of rotatable bonds is 6. The van der Waals surface area contributed by atoms with Crippen molar-refractivity contribution >= 4 is 52.4 Å². The topological polar surface area (TPSA) is 55.1 Å². The van der Waals surface area contributed by atoms with Gasteiger partial charge in [-0.05, 0) is 30.5 Å². The van der Waals surface area contributed by atoms with E-state index in [1.807, 2.05) is 36.4 Å². The Kier molecular flexibility index (Phi) is 7.89. The number of fused-ring (bicyclic) bond motifs is 1. The van der Waals surface area contributed by atoms with Crippen molar-refractivity contribution < 1.29 is 4.79 Å². The molecule has 6 heteroatoms. The Bertz CT molecular complexity index is 602. The van der Waals surface area contributed by atoms with Gasteiger partial charge in [0, 0.05) is 21.8 Å². The van der Waals surface area contributed by atoms with Gasteiger partial charge in [-0.25, -0.2) is 0 Å². The van der Waals surface area contributed by atoms with Crippen LogP contribution in [0.4, 0.5) is 0 Å². The molecule has 114 valence electrons. The lowest BCUT2D eigenvalue weighted by Gasteiger charge is -2.08. The Balaban J connectivity index is 0.00000220. The van der Waals surface area contributed by atoms with Gasteiger partial charge in [-0.15, -0.1) is 24.2 Å². The van der Waals surface area contributed by atoms with E-state index in [4.69, 9.17) is 17.3 Å². The van der Waals surface area contributed by atoms with Crippen molar-refractivity contribution in [2.45, 2.75) is 11.3 Å². The van der Waals surface area contributed by atoms with Gasteiger partial charge in [-0.1, -0.05) is 35.9 Å². The van der Waals surface area contributed by atoms with Crippen LogP contribution in [0.3, 0.4) is 0 Å². The maximum absolute atomic E-state index is 11.7. The normalized spacial score (nSPS) is 10.2. The second-order valence-electron chi connectivity index (χ2n) is 4.37. The smallest absolute Gasteiger partial charge is 0.230 e. The third kappa shape index (κ3) is 5.08. The van der Waals surface area contributed by atoms with Gasteiger partial charge in [-0.3, -0.25) is 4.79 Å². The zero-order valence-electron chi connectivity index (χ0n) is 11.5. The van der Waals surface area contributed by atoms with E-state index in [0.717, 1.165) is 22.1 Å². The van der Waals surface area contributed by atoms with E-state index in [9.17, 15) is 4.79 Å². The van der Waals surface area contributed by atoms with E-state index in [0.29, 0.717) is 23.9 Å². The molecule has 3 nitrogen and oxygen atoms in total. The number of carbonyl (C=O) groups excluding carboxylic acids is 1. The molecule has 2 aromatic carbocycles. The Morgan fingerprint density at radius 2 is 1.95 bits per heavy atom. The highest BCUT2D eigenvalue weighted by molar-refractivity contribution is 8.00. The molecule has 0 aliphatic rings. The lowest BCUT2D eigenvalue weighted by Crippen LogP contribution is -2.27. The second-order valence-corrected chi connectivity index (χ2v) is 5.80. The number of amides is 1. The van der Waals surface area contributed by atoms with Gasteiger partial charge in [0.1, 0.15) is 0 Å². The van der Waals surface area contributed by atoms with E-state index in [1.165, 1.54) is 11.8 Å². The molecule has 0 aliphatic carbocycles. The van der Waals surface area contributed by atoms with Gasteiger partial charge in [0.25, 0.3) is 0 Å². The SMILES string of the molecule is Cl.NCCCNC(=O)CSc1cccc2cccc(Cl)c12. The molecule has 0 radical (unpaired) electrons. The van der Waals surface area contributed by atoms with Crippen LogP contribution in [0.25, 0.3) is 10.8 Å². The van der Waals surface area contributed by atoms with Gasteiger partial charge >= 0.3 is 0 Å². The minimum Gasteiger partial charge on any atom is -0.355 e. The quantitative estimate of drug-likeness (QED) is 0.623. The summed E-state index contributed by atoms with van der Waals surface area (Å²) >= 11 is 7.75. The summed E-state index contributed by atoms with van der Waals surface area (Å²) in [6, 6.07) is 11.8. The zero-order chi connectivity index (χ0) is 14.4. The average molecular weight is 345 g/mol. The highest BCUT2D eigenvalue weighted by Crippen LogP contribution is 2.32. The van der Waals surface area contributed by atoms with Crippen LogP contribution in [-0.4, -0.2) is 24.7 Å². The molecule has 0 heterocycles. The van der Waals surface area contributed by atoms with Crippen molar-refractivity contribution in [3.05, 3.63) is 41.4 Å². The summed E-state index contributed by atoms with van der Waals surface area (Å²) < 4.78 is 0. The average Bonchev–Trinajstić information content (AvgIpc) is 2.45. The summed E-state index contributed by atoms with van der Waals surface area (Å²) in [7, 11) is 0. The summed E-state index contributed by atoms with van der Waals surface area (Å²) in [5, 5.41) is 5.66. The van der Waals surface area contributed by atoms with E-state index in [1.54, 1.807) is 0 Å². The minimum absolute atomic E-state index is 0. The van der Waals surface area contributed by atoms with Crippen LogP contribution in [0, 0.1) is 0 Å². The lowest BCUT2D eigenvalue weighted by atomic mass is 10.1. The number of carbonyl (C=O) groups is 1. The summed E-state index contributed by atoms with van der Waals surface area (Å²) in [6.07, 6.45) is 0.802. The van der Waals surface area contributed by atoms with E-state index < -0.39 is 0 Å². The monoisotopic (exact) mass is 344 g/mol. The third-order valence-corrected chi connectivity index (χ3v) is 4.25. The summed E-state index contributed by atoms with van der Waals surface area (Å²) in [5.41, 5.74) is 5.39. The maximum Gasteiger partial charge on any atom is 0.230 e. The molecule has 0 aromatic heterocycles. The summed E-state index contributed by atoms with van der Waals surface area (Å²) in [5.74, 6) is 0.405. The fraction of sp³-hybridized carbons (Fsp3) is 0.267. The molecular formula is C15H18Cl2N2OS. The molecule has 0 saturated carbocycles. The zero-order valence-corrected chi connectivity index (χ0v) is 13.9. The van der Waals surface area contributed by atoms with Gasteiger partial charge in [-0.2, -0.15) is 0 Å². The highest BCUT2D eigenvalue weighted by Gasteiger charge is 2.07. The van der Waals surface area contributed by atoms with Gasteiger partial charge in [0.2, 0.25) is 5.91 Å². The molecule has 0 atom stereocenters. The van der Waals surface area contributed by atoms with Crippen LogP contribution < -0.4 is 11.1 Å². The number of benzene rings is 2. The first-order valence-electron chi connectivity index (χ1n) is 6.49. The summed E-state index contributed by atoms with van der Waals surface area (Å²) in [4.78, 5) is 12.7. The van der Waals surface area contributed by atoms with Crippen LogP contribution in [0.2, 0.25) is 5.02 Å². The Morgan fingerprint density at radius 3 is 2.67 bits per heavy atom. The second kappa shape index (κ2) is 9.15. The van der Waals surface area contributed by atoms with Gasteiger partial charge in [0.05, 0.1) is 5.75 Å². The van der Waals surface area contributed by atoms with Crippen LogP contribution in [0.1, 0.15) is 6.42 Å². The molecule has 0 saturated heterocycles. The number of hydrogen-bond donors (Lipinski definition) is 2. The van der Waals surface area contributed by atoms with E-state index in [-0.39, 0.29) is 18.3 Å². The van der Waals surface area contributed by atoms with Crippen molar-refractivity contribution in [3.63, 3.8) is 0 Å². The first-order chi connectivity index (χ1) is 9.72. The number of nitrogens with one attached hydrogen (secondary N) is 1. The molecule has 2 rings (SSSR count). The molecule has 2 aromatic rings. The predicted octanol–water partition coefficient (Wildman–Crippen LogP) is 3.47. The Morgan fingerprint density at radius 1 is 1.24 bits per heavy atom. The molecule has 0 unspecified atom stereocenters. The molecule has 0 bridgehead atoms. The fourth-order valence-electron chi connectivity index (χ4n) is 1.91. The Hall–Kier alpha value is -0.940. The molecule has 1 amide bonds. The van der Waals surface area contributed by atoms with Gasteiger partial charge in [0.15, 0.2) is 0 Å². The van der Waals surface area contributed by atoms with Crippen molar-refractivity contribution in [2.24, 2.45) is 5.73 Å². The first-order valence-corrected chi connectivity index (χ1v) is 7.85. The van der Waals surface area contributed by atoms with Crippen LogP contribution in [-0.2, 0) is 4.79 Å². The van der Waals surface area contributed by atoms with Crippen molar-refractivity contribution in [1.82, 2.24) is 5.32 Å². The largest absolute Gasteiger partial charge is 0.355 e. The Labute approximate surface area is 140 Å². The number of halogens is 2. The van der Waals surface area contributed by atoms with Crippen molar-refractivity contribution in [2.75, 3.05) is 18.8 Å². The third-order valence-electron chi connectivity index (χ3n) is 2.88. The molecular weight excluding hydrogens is 327 g/mol. The van der Waals surface area contributed by atoms with E-state index in [2.05, 4.69) is 5.32 Å². The molecule has 3 N–H and O–H groups in total. The lowest BCUT2D eigenvalue weighted by molar-refractivity contribution is -0.118. The van der Waals surface area contributed by atoms with Crippen molar-refractivity contribution in [1.29, 1.82) is 0 Å². The predicted molar refractivity (Wildman–Crippen MR) is 93.6 cm³/mol. The van der Waals surface area contributed by atoms with Crippen LogP contribution >= 0.6 is 35.8 Å². The molecule has 0 fully saturated rings. The molecule has 0 spiro atoms. The molecule has 0 aliphatic heterocycles.